The van der Waals surface area contributed by atoms with Crippen LogP contribution in [0.4, 0.5) is 15.8 Å². The van der Waals surface area contributed by atoms with E-state index in [2.05, 4.69) is 36.0 Å². The quantitative estimate of drug-likeness (QED) is 0.439. The molecule has 2 aliphatic rings. The van der Waals surface area contributed by atoms with Crippen LogP contribution in [0.3, 0.4) is 0 Å². The summed E-state index contributed by atoms with van der Waals surface area (Å²) in [5.74, 6) is -0.296. The molecule has 10 heteroatoms. The number of methoxy groups -OCH3 is 1. The maximum atomic E-state index is 14.3. The van der Waals surface area contributed by atoms with Gasteiger partial charge >= 0.3 is 0 Å². The molecule has 2 aliphatic heterocycles. The summed E-state index contributed by atoms with van der Waals surface area (Å²) in [7, 11) is 1.39. The molecule has 0 spiro atoms. The number of carbonyl (C=O) groups is 2. The summed E-state index contributed by atoms with van der Waals surface area (Å²) in [6.45, 7) is 9.18. The number of para-hydroxylation sites is 1. The highest BCUT2D eigenvalue weighted by molar-refractivity contribution is 6.03. The summed E-state index contributed by atoms with van der Waals surface area (Å²) in [4.78, 5) is 31.2. The number of aromatic nitrogens is 2. The molecule has 5 rings (SSSR count). The van der Waals surface area contributed by atoms with Crippen molar-refractivity contribution in [2.24, 2.45) is 5.41 Å². The first-order chi connectivity index (χ1) is 18.2. The van der Waals surface area contributed by atoms with E-state index in [-0.39, 0.29) is 35.6 Å². The van der Waals surface area contributed by atoms with Crippen LogP contribution < -0.4 is 20.1 Å². The van der Waals surface area contributed by atoms with Gasteiger partial charge in [-0.2, -0.15) is 0 Å². The smallest absolute Gasteiger partial charge is 0.255 e. The molecule has 3 aromatic rings. The van der Waals surface area contributed by atoms with Crippen LogP contribution in [0.1, 0.15) is 29.9 Å². The molecular weight excluding hydrogens is 489 g/mol. The van der Waals surface area contributed by atoms with Gasteiger partial charge < -0.3 is 29.6 Å². The van der Waals surface area contributed by atoms with Crippen LogP contribution in [0.2, 0.25) is 0 Å². The van der Waals surface area contributed by atoms with Gasteiger partial charge in [-0.3, -0.25) is 14.6 Å². The molecule has 2 aromatic heterocycles. The van der Waals surface area contributed by atoms with Gasteiger partial charge in [0.1, 0.15) is 6.61 Å². The Morgan fingerprint density at radius 2 is 2.16 bits per heavy atom. The fourth-order valence-electron chi connectivity index (χ4n) is 5.18. The minimum Gasteiger partial charge on any atom is -0.492 e. The number of amides is 2. The molecule has 38 heavy (non-hydrogen) atoms. The standard InChI is InChI=1S/C28H30FN5O4/c1-5-24(35)34-16-28(2,3)23(34)15-38-22-13-30-11-9-20(22)33-14-19(25-21(33)10-12-31-27(25)36)32-18-8-6-7-17(29)26(18)37-4/h5-9,11,13-14,23,32H,1,10,12,15-16H2,2-4H3,(H,31,36)/t23-/m0/s1. The zero-order chi connectivity index (χ0) is 27.0. The van der Waals surface area contributed by atoms with E-state index in [0.29, 0.717) is 47.9 Å². The molecule has 1 atom stereocenters. The number of likely N-dealkylation sites (tertiary alicyclic amines) is 1. The van der Waals surface area contributed by atoms with Crippen LogP contribution in [0.15, 0.2) is 55.5 Å². The molecule has 0 saturated carbocycles. The second kappa shape index (κ2) is 9.85. The van der Waals surface area contributed by atoms with Gasteiger partial charge in [-0.1, -0.05) is 26.5 Å². The Labute approximate surface area is 220 Å². The van der Waals surface area contributed by atoms with Crippen LogP contribution in [-0.4, -0.2) is 59.1 Å². The first kappa shape index (κ1) is 25.3. The second-order valence-corrected chi connectivity index (χ2v) is 10.0. The van der Waals surface area contributed by atoms with Crippen molar-refractivity contribution in [3.05, 3.63) is 72.6 Å². The lowest BCUT2D eigenvalue weighted by Crippen LogP contribution is -2.65. The topological polar surface area (TPSA) is 97.7 Å². The van der Waals surface area contributed by atoms with E-state index in [1.54, 1.807) is 35.6 Å². The Kier molecular flexibility index (Phi) is 6.56. The Hall–Kier alpha value is -4.34. The van der Waals surface area contributed by atoms with Crippen LogP contribution >= 0.6 is 0 Å². The predicted octanol–water partition coefficient (Wildman–Crippen LogP) is 3.85. The number of hydrogen-bond donors (Lipinski definition) is 2. The third kappa shape index (κ3) is 4.36. The zero-order valence-electron chi connectivity index (χ0n) is 21.6. The van der Waals surface area contributed by atoms with E-state index in [0.717, 1.165) is 5.69 Å². The molecule has 198 valence electrons. The Balaban J connectivity index is 1.50. The predicted molar refractivity (Wildman–Crippen MR) is 141 cm³/mol. The third-order valence-electron chi connectivity index (χ3n) is 7.15. The summed E-state index contributed by atoms with van der Waals surface area (Å²) < 4.78 is 27.7. The molecular formula is C28H30FN5O4. The first-order valence-corrected chi connectivity index (χ1v) is 12.4. The van der Waals surface area contributed by atoms with Crippen molar-refractivity contribution >= 4 is 23.2 Å². The van der Waals surface area contributed by atoms with E-state index < -0.39 is 5.82 Å². The highest BCUT2D eigenvalue weighted by atomic mass is 19.1. The molecule has 0 unspecified atom stereocenters. The summed E-state index contributed by atoms with van der Waals surface area (Å²) in [6, 6.07) is 6.26. The van der Waals surface area contributed by atoms with Gasteiger partial charge in [0.05, 0.1) is 42.0 Å². The maximum absolute atomic E-state index is 14.3. The van der Waals surface area contributed by atoms with Gasteiger partial charge in [0.25, 0.3) is 5.91 Å². The number of halogens is 1. The van der Waals surface area contributed by atoms with Crippen molar-refractivity contribution in [1.29, 1.82) is 0 Å². The zero-order valence-corrected chi connectivity index (χ0v) is 21.6. The number of hydrogen-bond acceptors (Lipinski definition) is 6. The number of nitrogens with one attached hydrogen (secondary N) is 2. The van der Waals surface area contributed by atoms with Gasteiger partial charge in [-0.15, -0.1) is 0 Å². The Bertz CT molecular complexity index is 1420. The lowest BCUT2D eigenvalue weighted by Gasteiger charge is -2.53. The number of rotatable bonds is 8. The molecule has 2 amide bonds. The number of fused-ring (bicyclic) bond motifs is 1. The van der Waals surface area contributed by atoms with Gasteiger partial charge in [0.2, 0.25) is 5.91 Å². The van der Waals surface area contributed by atoms with Gasteiger partial charge in [0.15, 0.2) is 17.3 Å². The summed E-state index contributed by atoms with van der Waals surface area (Å²) in [6.07, 6.45) is 6.97. The number of ether oxygens (including phenoxy) is 2. The van der Waals surface area contributed by atoms with Crippen molar-refractivity contribution in [2.45, 2.75) is 26.3 Å². The van der Waals surface area contributed by atoms with Crippen LogP contribution in [-0.2, 0) is 11.2 Å². The van der Waals surface area contributed by atoms with Crippen molar-refractivity contribution < 1.29 is 23.5 Å². The number of pyridine rings is 1. The molecule has 1 aromatic carbocycles. The van der Waals surface area contributed by atoms with Crippen LogP contribution in [0, 0.1) is 11.2 Å². The summed E-state index contributed by atoms with van der Waals surface area (Å²) in [5, 5.41) is 6.06. The minimum atomic E-state index is -0.511. The molecule has 4 heterocycles. The highest BCUT2D eigenvalue weighted by Gasteiger charge is 2.47. The molecule has 9 nitrogen and oxygen atoms in total. The minimum absolute atomic E-state index is 0.0555. The molecule has 0 aliphatic carbocycles. The van der Waals surface area contributed by atoms with Crippen molar-refractivity contribution in [2.75, 3.05) is 32.1 Å². The second-order valence-electron chi connectivity index (χ2n) is 10.0. The number of carbonyl (C=O) groups excluding carboxylic acids is 2. The Morgan fingerprint density at radius 1 is 1.34 bits per heavy atom. The number of anilines is 2. The summed E-state index contributed by atoms with van der Waals surface area (Å²) >= 11 is 0. The molecule has 0 radical (unpaired) electrons. The number of benzene rings is 1. The maximum Gasteiger partial charge on any atom is 0.255 e. The first-order valence-electron chi connectivity index (χ1n) is 12.4. The lowest BCUT2D eigenvalue weighted by molar-refractivity contribution is -0.148. The molecule has 1 fully saturated rings. The molecule has 0 bridgehead atoms. The third-order valence-corrected chi connectivity index (χ3v) is 7.15. The molecule has 1 saturated heterocycles. The van der Waals surface area contributed by atoms with Crippen molar-refractivity contribution in [3.8, 4) is 17.2 Å². The van der Waals surface area contributed by atoms with Crippen molar-refractivity contribution in [3.63, 3.8) is 0 Å². The van der Waals surface area contributed by atoms with Crippen molar-refractivity contribution in [1.82, 2.24) is 19.8 Å². The summed E-state index contributed by atoms with van der Waals surface area (Å²) in [5.41, 5.74) is 2.75. The highest BCUT2D eigenvalue weighted by Crippen LogP contribution is 2.39. The average Bonchev–Trinajstić information content (AvgIpc) is 3.26. The monoisotopic (exact) mass is 519 g/mol. The van der Waals surface area contributed by atoms with E-state index in [1.807, 2.05) is 10.6 Å². The van der Waals surface area contributed by atoms with Gasteiger partial charge in [-0.05, 0) is 24.3 Å². The Morgan fingerprint density at radius 3 is 2.89 bits per heavy atom. The lowest BCUT2D eigenvalue weighted by atomic mass is 9.75. The van der Waals surface area contributed by atoms with E-state index in [1.165, 1.54) is 19.3 Å². The molecule has 2 N–H and O–H groups in total. The SMILES string of the molecule is C=CC(=O)N1CC(C)(C)[C@@H]1COc1cnccc1-n1cc(Nc2cccc(F)c2OC)c2c1CCNC2=O. The van der Waals surface area contributed by atoms with E-state index >= 15 is 0 Å². The van der Waals surface area contributed by atoms with Crippen LogP contribution in [0.5, 0.6) is 11.5 Å². The average molecular weight is 520 g/mol. The van der Waals surface area contributed by atoms with Gasteiger partial charge in [0, 0.05) is 43.0 Å². The number of nitrogens with zero attached hydrogens (tertiary/aromatic N) is 3. The largest absolute Gasteiger partial charge is 0.492 e. The normalized spacial score (nSPS) is 17.6. The fraction of sp³-hybridized carbons (Fsp3) is 0.321. The van der Waals surface area contributed by atoms with E-state index in [9.17, 15) is 14.0 Å². The van der Waals surface area contributed by atoms with Gasteiger partial charge in [-0.25, -0.2) is 4.39 Å². The fourth-order valence-corrected chi connectivity index (χ4v) is 5.18. The van der Waals surface area contributed by atoms with Crippen LogP contribution in [0.25, 0.3) is 5.69 Å². The van der Waals surface area contributed by atoms with E-state index in [4.69, 9.17) is 9.47 Å².